The Morgan fingerprint density at radius 3 is 2.27 bits per heavy atom. The molecule has 1 aliphatic carbocycles. The standard InChI is InChI=1S/C15H12ClF3O3/c16-7-8-6-9(15(17,18)19)4-5-10(8)14(22)13-11(20)2-1-3-12(13)21/h4-6,13H,1-3,7H2. The molecule has 0 bridgehead atoms. The molecule has 1 saturated carbocycles. The second-order valence-electron chi connectivity index (χ2n) is 5.09. The molecule has 1 aromatic rings. The van der Waals surface area contributed by atoms with Crippen molar-refractivity contribution in [3.8, 4) is 0 Å². The van der Waals surface area contributed by atoms with Gasteiger partial charge in [-0.1, -0.05) is 6.07 Å². The normalized spacial score (nSPS) is 16.9. The van der Waals surface area contributed by atoms with Crippen LogP contribution in [0.5, 0.6) is 0 Å². The first-order valence-corrected chi connectivity index (χ1v) is 7.15. The summed E-state index contributed by atoms with van der Waals surface area (Å²) in [6.07, 6.45) is -3.91. The van der Waals surface area contributed by atoms with Gasteiger partial charge in [0.05, 0.1) is 5.56 Å². The summed E-state index contributed by atoms with van der Waals surface area (Å²) in [5.41, 5.74) is -1.06. The van der Waals surface area contributed by atoms with Crippen LogP contribution in [-0.4, -0.2) is 17.3 Å². The van der Waals surface area contributed by atoms with Crippen LogP contribution < -0.4 is 0 Å². The van der Waals surface area contributed by atoms with Crippen molar-refractivity contribution in [2.24, 2.45) is 5.92 Å². The van der Waals surface area contributed by atoms with E-state index in [1.807, 2.05) is 0 Å². The summed E-state index contributed by atoms with van der Waals surface area (Å²) >= 11 is 5.62. The lowest BCUT2D eigenvalue weighted by molar-refractivity contribution is -0.138. The van der Waals surface area contributed by atoms with E-state index in [2.05, 4.69) is 0 Å². The Hall–Kier alpha value is -1.69. The fraction of sp³-hybridized carbons (Fsp3) is 0.400. The third-order valence-corrected chi connectivity index (χ3v) is 3.88. The molecule has 0 aliphatic heterocycles. The minimum absolute atomic E-state index is 0.0346. The van der Waals surface area contributed by atoms with E-state index in [1.165, 1.54) is 0 Å². The lowest BCUT2D eigenvalue weighted by Gasteiger charge is -2.19. The van der Waals surface area contributed by atoms with Crippen LogP contribution in [0.3, 0.4) is 0 Å². The number of halogens is 4. The lowest BCUT2D eigenvalue weighted by Crippen LogP contribution is -2.35. The largest absolute Gasteiger partial charge is 0.416 e. The van der Waals surface area contributed by atoms with Gasteiger partial charge in [0.25, 0.3) is 0 Å². The number of alkyl halides is 4. The quantitative estimate of drug-likeness (QED) is 0.483. The topological polar surface area (TPSA) is 51.2 Å². The number of Topliss-reactive ketones (excluding diaryl/α,β-unsaturated/α-hetero) is 3. The Morgan fingerprint density at radius 1 is 1.18 bits per heavy atom. The van der Waals surface area contributed by atoms with Crippen LogP contribution in [0.2, 0.25) is 0 Å². The van der Waals surface area contributed by atoms with Gasteiger partial charge in [-0.25, -0.2) is 0 Å². The van der Waals surface area contributed by atoms with Crippen molar-refractivity contribution in [3.63, 3.8) is 0 Å². The smallest absolute Gasteiger partial charge is 0.298 e. The number of rotatable bonds is 3. The Balaban J connectivity index is 2.41. The van der Waals surface area contributed by atoms with E-state index in [0.717, 1.165) is 18.2 Å². The molecule has 118 valence electrons. The Labute approximate surface area is 129 Å². The van der Waals surface area contributed by atoms with Crippen molar-refractivity contribution < 1.29 is 27.6 Å². The first-order chi connectivity index (χ1) is 10.3. The molecule has 0 atom stereocenters. The second-order valence-corrected chi connectivity index (χ2v) is 5.35. The van der Waals surface area contributed by atoms with Gasteiger partial charge in [0, 0.05) is 24.3 Å². The van der Waals surface area contributed by atoms with E-state index in [9.17, 15) is 27.6 Å². The molecular formula is C15H12ClF3O3. The maximum Gasteiger partial charge on any atom is 0.416 e. The number of carbonyl (C=O) groups excluding carboxylic acids is 3. The van der Waals surface area contributed by atoms with Crippen molar-refractivity contribution in [1.82, 2.24) is 0 Å². The molecule has 0 radical (unpaired) electrons. The van der Waals surface area contributed by atoms with Gasteiger partial charge in [-0.2, -0.15) is 13.2 Å². The first kappa shape index (κ1) is 16.7. The summed E-state index contributed by atoms with van der Waals surface area (Å²) < 4.78 is 38.0. The summed E-state index contributed by atoms with van der Waals surface area (Å²) in [6, 6.07) is 2.51. The van der Waals surface area contributed by atoms with E-state index in [4.69, 9.17) is 11.6 Å². The Morgan fingerprint density at radius 2 is 1.77 bits per heavy atom. The fourth-order valence-electron chi connectivity index (χ4n) is 2.47. The monoisotopic (exact) mass is 332 g/mol. The molecular weight excluding hydrogens is 321 g/mol. The number of carbonyl (C=O) groups is 3. The molecule has 7 heteroatoms. The van der Waals surface area contributed by atoms with E-state index in [-0.39, 0.29) is 29.8 Å². The van der Waals surface area contributed by atoms with Crippen molar-refractivity contribution in [3.05, 3.63) is 34.9 Å². The average molecular weight is 333 g/mol. The Kier molecular flexibility index (Phi) is 4.70. The van der Waals surface area contributed by atoms with Crippen LogP contribution >= 0.6 is 11.6 Å². The molecule has 0 N–H and O–H groups in total. The SMILES string of the molecule is O=C1CCCC(=O)C1C(=O)c1ccc(C(F)(F)F)cc1CCl. The van der Waals surface area contributed by atoms with Crippen LogP contribution in [0.4, 0.5) is 13.2 Å². The zero-order valence-electron chi connectivity index (χ0n) is 11.4. The van der Waals surface area contributed by atoms with Crippen LogP contribution in [0.25, 0.3) is 0 Å². The molecule has 0 aromatic heterocycles. The van der Waals surface area contributed by atoms with Gasteiger partial charge < -0.3 is 0 Å². The molecule has 0 unspecified atom stereocenters. The van der Waals surface area contributed by atoms with Gasteiger partial charge in [0.2, 0.25) is 0 Å². The van der Waals surface area contributed by atoms with Gasteiger partial charge in [-0.3, -0.25) is 14.4 Å². The molecule has 1 fully saturated rings. The maximum absolute atomic E-state index is 12.7. The summed E-state index contributed by atoms with van der Waals surface area (Å²) in [7, 11) is 0. The van der Waals surface area contributed by atoms with Crippen LogP contribution in [0.1, 0.15) is 40.7 Å². The van der Waals surface area contributed by atoms with Gasteiger partial charge in [0.15, 0.2) is 17.3 Å². The molecule has 0 spiro atoms. The molecule has 0 amide bonds. The average Bonchev–Trinajstić information content (AvgIpc) is 2.45. The zero-order valence-corrected chi connectivity index (χ0v) is 12.1. The van der Waals surface area contributed by atoms with Gasteiger partial charge in [-0.05, 0) is 24.1 Å². The predicted molar refractivity (Wildman–Crippen MR) is 72.7 cm³/mol. The molecule has 1 aromatic carbocycles. The van der Waals surface area contributed by atoms with Crippen molar-refractivity contribution in [2.75, 3.05) is 0 Å². The first-order valence-electron chi connectivity index (χ1n) is 6.61. The van der Waals surface area contributed by atoms with Crippen molar-refractivity contribution in [1.29, 1.82) is 0 Å². The minimum Gasteiger partial charge on any atom is -0.298 e. The predicted octanol–water partition coefficient (Wildman–Crippen LogP) is 3.57. The highest BCUT2D eigenvalue weighted by molar-refractivity contribution is 6.26. The highest BCUT2D eigenvalue weighted by atomic mass is 35.5. The number of benzene rings is 1. The number of ketones is 3. The number of hydrogen-bond acceptors (Lipinski definition) is 3. The van der Waals surface area contributed by atoms with E-state index < -0.39 is 35.0 Å². The number of hydrogen-bond donors (Lipinski definition) is 0. The highest BCUT2D eigenvalue weighted by Crippen LogP contribution is 2.32. The molecule has 1 aliphatic rings. The second kappa shape index (κ2) is 6.20. The molecule has 22 heavy (non-hydrogen) atoms. The van der Waals surface area contributed by atoms with Gasteiger partial charge in [-0.15, -0.1) is 11.6 Å². The van der Waals surface area contributed by atoms with Crippen LogP contribution in [-0.2, 0) is 21.6 Å². The van der Waals surface area contributed by atoms with E-state index >= 15 is 0 Å². The minimum atomic E-state index is -4.56. The summed E-state index contributed by atoms with van der Waals surface area (Å²) in [4.78, 5) is 36.0. The summed E-state index contributed by atoms with van der Waals surface area (Å²) in [5, 5.41) is 0. The summed E-state index contributed by atoms with van der Waals surface area (Å²) in [6.45, 7) is 0. The molecule has 2 rings (SSSR count). The van der Waals surface area contributed by atoms with Gasteiger partial charge in [0.1, 0.15) is 5.92 Å². The van der Waals surface area contributed by atoms with Crippen molar-refractivity contribution in [2.45, 2.75) is 31.3 Å². The van der Waals surface area contributed by atoms with Gasteiger partial charge >= 0.3 is 6.18 Å². The lowest BCUT2D eigenvalue weighted by atomic mass is 9.80. The van der Waals surface area contributed by atoms with Crippen LogP contribution in [0.15, 0.2) is 18.2 Å². The Bertz CT molecular complexity index is 621. The maximum atomic E-state index is 12.7. The van der Waals surface area contributed by atoms with E-state index in [0.29, 0.717) is 6.42 Å². The zero-order chi connectivity index (χ0) is 16.5. The third kappa shape index (κ3) is 3.21. The highest BCUT2D eigenvalue weighted by Gasteiger charge is 2.38. The van der Waals surface area contributed by atoms with E-state index in [1.54, 1.807) is 0 Å². The fourth-order valence-corrected chi connectivity index (χ4v) is 2.70. The van der Waals surface area contributed by atoms with Crippen molar-refractivity contribution >= 4 is 29.0 Å². The van der Waals surface area contributed by atoms with Crippen LogP contribution in [0, 0.1) is 5.92 Å². The molecule has 3 nitrogen and oxygen atoms in total. The third-order valence-electron chi connectivity index (χ3n) is 3.59. The molecule has 0 heterocycles. The molecule has 0 saturated heterocycles. The summed E-state index contributed by atoms with van der Waals surface area (Å²) in [5.74, 6) is -3.46.